The average molecular weight is 345 g/mol. The quantitative estimate of drug-likeness (QED) is 0.721. The van der Waals surface area contributed by atoms with E-state index < -0.39 is 28.6 Å². The van der Waals surface area contributed by atoms with Crippen molar-refractivity contribution in [2.45, 2.75) is 24.4 Å². The second kappa shape index (κ2) is 6.49. The number of aromatic carboxylic acids is 1. The van der Waals surface area contributed by atoms with Gasteiger partial charge < -0.3 is 10.4 Å². The van der Waals surface area contributed by atoms with E-state index in [0.29, 0.717) is 4.90 Å². The first-order valence-corrected chi connectivity index (χ1v) is 8.13. The number of carbonyl (C=O) groups is 2. The van der Waals surface area contributed by atoms with Crippen LogP contribution in [0, 0.1) is 0 Å². The fourth-order valence-electron chi connectivity index (χ4n) is 1.94. The van der Waals surface area contributed by atoms with Gasteiger partial charge in [-0.15, -0.1) is 0 Å². The number of benzene rings is 1. The second-order valence-electron chi connectivity index (χ2n) is 4.74. The van der Waals surface area contributed by atoms with Crippen LogP contribution in [0.3, 0.4) is 0 Å². The van der Waals surface area contributed by atoms with E-state index in [1.54, 1.807) is 6.92 Å². The third kappa shape index (κ3) is 3.95. The van der Waals surface area contributed by atoms with Gasteiger partial charge in [0.15, 0.2) is 0 Å². The Morgan fingerprint density at radius 3 is 2.52 bits per heavy atom. The minimum absolute atomic E-state index is 0.131. The molecule has 4 nitrogen and oxygen atoms in total. The Morgan fingerprint density at radius 2 is 2.00 bits per heavy atom. The predicted octanol–water partition coefficient (Wildman–Crippen LogP) is 4.07. The van der Waals surface area contributed by atoms with Crippen LogP contribution in [0.25, 0.3) is 0 Å². The maximum atomic E-state index is 12.7. The van der Waals surface area contributed by atoms with Gasteiger partial charge >= 0.3 is 12.1 Å². The fraction of sp³-hybridized carbons (Fsp3) is 0.200. The molecule has 1 aliphatic heterocycles. The molecule has 1 aliphatic rings. The maximum Gasteiger partial charge on any atom is 0.416 e. The van der Waals surface area contributed by atoms with E-state index in [-0.39, 0.29) is 23.6 Å². The summed E-state index contributed by atoms with van der Waals surface area (Å²) >= 11 is 0. The molecule has 1 aromatic carbocycles. The molecule has 0 aliphatic carbocycles. The highest BCUT2D eigenvalue weighted by molar-refractivity contribution is 8.22. The zero-order valence-corrected chi connectivity index (χ0v) is 12.9. The Hall–Kier alpha value is -2.22. The Kier molecular flexibility index (Phi) is 4.84. The highest BCUT2D eigenvalue weighted by Gasteiger charge is 2.34. The van der Waals surface area contributed by atoms with Crippen molar-refractivity contribution in [2.75, 3.05) is 5.32 Å². The molecule has 0 aromatic heterocycles. The summed E-state index contributed by atoms with van der Waals surface area (Å²) in [5, 5.41) is 14.2. The molecule has 2 rings (SSSR count). The highest BCUT2D eigenvalue weighted by atomic mass is 32.2. The average Bonchev–Trinajstić information content (AvgIpc) is 2.97. The number of carboxylic acids is 1. The lowest BCUT2D eigenvalue weighted by molar-refractivity contribution is -0.115. The molecular formula is C15H14F3NO3S. The van der Waals surface area contributed by atoms with E-state index in [2.05, 4.69) is 5.32 Å². The van der Waals surface area contributed by atoms with Crippen LogP contribution in [0.5, 0.6) is 0 Å². The third-order valence-corrected chi connectivity index (χ3v) is 5.05. The lowest BCUT2D eigenvalue weighted by Gasteiger charge is -2.14. The summed E-state index contributed by atoms with van der Waals surface area (Å²) in [6.07, 6.45) is -3.23. The largest absolute Gasteiger partial charge is 0.478 e. The Labute approximate surface area is 133 Å². The summed E-state index contributed by atoms with van der Waals surface area (Å²) in [5.41, 5.74) is -0.746. The fourth-order valence-corrected chi connectivity index (χ4v) is 3.73. The smallest absolute Gasteiger partial charge is 0.416 e. The van der Waals surface area contributed by atoms with Gasteiger partial charge in [-0.3, -0.25) is 4.79 Å². The number of allylic oxidation sites excluding steroid dienone is 2. The van der Waals surface area contributed by atoms with Crippen molar-refractivity contribution < 1.29 is 27.9 Å². The number of thiol groups is 1. The monoisotopic (exact) mass is 345 g/mol. The molecule has 8 heteroatoms. The number of carbonyl (C=O) groups excluding carboxylic acids is 1. The molecule has 124 valence electrons. The van der Waals surface area contributed by atoms with Gasteiger partial charge in [0.2, 0.25) is 5.91 Å². The summed E-state index contributed by atoms with van der Waals surface area (Å²) in [6.45, 7) is 1.63. The molecule has 0 saturated carbocycles. The van der Waals surface area contributed by atoms with E-state index in [1.165, 1.54) is 23.6 Å². The number of amides is 1. The van der Waals surface area contributed by atoms with Gasteiger partial charge in [0.1, 0.15) is 0 Å². The Balaban J connectivity index is 2.34. The Bertz CT molecular complexity index is 710. The lowest BCUT2D eigenvalue weighted by atomic mass is 10.1. The van der Waals surface area contributed by atoms with Crippen LogP contribution in [-0.4, -0.2) is 23.2 Å². The topological polar surface area (TPSA) is 66.4 Å². The minimum atomic E-state index is -4.42. The van der Waals surface area contributed by atoms with E-state index in [4.69, 9.17) is 0 Å². The van der Waals surface area contributed by atoms with Crippen molar-refractivity contribution in [3.63, 3.8) is 0 Å². The number of rotatable bonds is 4. The molecule has 0 radical (unpaired) electrons. The summed E-state index contributed by atoms with van der Waals surface area (Å²) in [6, 6.07) is 4.24. The number of halogens is 3. The van der Waals surface area contributed by atoms with E-state index >= 15 is 0 Å². The maximum absolute atomic E-state index is 12.7. The molecule has 1 aromatic rings. The number of hydrogen-bond donors (Lipinski definition) is 3. The second-order valence-corrected chi connectivity index (χ2v) is 6.63. The summed E-state index contributed by atoms with van der Waals surface area (Å²) < 4.78 is 38.0. The van der Waals surface area contributed by atoms with Gasteiger partial charge in [-0.1, -0.05) is 6.92 Å². The van der Waals surface area contributed by atoms with Crippen LogP contribution < -0.4 is 5.32 Å². The van der Waals surface area contributed by atoms with Crippen molar-refractivity contribution in [3.8, 4) is 0 Å². The third-order valence-electron chi connectivity index (χ3n) is 3.15. The summed E-state index contributed by atoms with van der Waals surface area (Å²) in [7, 11) is -1.36. The molecule has 0 spiro atoms. The molecule has 0 fully saturated rings. The number of alkyl halides is 3. The first-order chi connectivity index (χ1) is 10.7. The van der Waals surface area contributed by atoms with E-state index in [0.717, 1.165) is 11.5 Å². The standard InChI is InChI=1S/C15H14F3NO3S/c1-2-13(20)19-12-4-3-10(7-11(12)14(21)22)23-6-5-9(8-23)15(16,17)18/h3-8,23H,2H2,1H3,(H,19,20)(H,21,22). The molecule has 1 amide bonds. The summed E-state index contributed by atoms with van der Waals surface area (Å²) in [5.74, 6) is -1.59. The molecule has 23 heavy (non-hydrogen) atoms. The lowest BCUT2D eigenvalue weighted by Crippen LogP contribution is -2.13. The molecular weight excluding hydrogens is 331 g/mol. The molecule has 0 saturated heterocycles. The van der Waals surface area contributed by atoms with Crippen LogP contribution in [0.2, 0.25) is 0 Å². The van der Waals surface area contributed by atoms with E-state index in [1.807, 2.05) is 0 Å². The number of anilines is 1. The number of carboxylic acid groups (broad SMARTS) is 1. The van der Waals surface area contributed by atoms with Crippen LogP contribution in [-0.2, 0) is 4.79 Å². The van der Waals surface area contributed by atoms with Crippen molar-refractivity contribution in [3.05, 3.63) is 46.2 Å². The molecule has 2 N–H and O–H groups in total. The van der Waals surface area contributed by atoms with Gasteiger partial charge in [-0.25, -0.2) is 4.79 Å². The SMILES string of the molecule is CCC(=O)Nc1ccc([SH]2C=CC(C(F)(F)F)=C2)cc1C(=O)O. The van der Waals surface area contributed by atoms with Gasteiger partial charge in [0, 0.05) is 6.42 Å². The number of hydrogen-bond acceptors (Lipinski definition) is 2. The van der Waals surface area contributed by atoms with Crippen LogP contribution in [0.4, 0.5) is 18.9 Å². The van der Waals surface area contributed by atoms with Gasteiger partial charge in [0.05, 0.1) is 16.8 Å². The zero-order valence-electron chi connectivity index (χ0n) is 12.0. The molecule has 1 unspecified atom stereocenters. The molecule has 0 bridgehead atoms. The van der Waals surface area contributed by atoms with Crippen molar-refractivity contribution in [1.29, 1.82) is 0 Å². The van der Waals surface area contributed by atoms with Crippen molar-refractivity contribution >= 4 is 28.5 Å². The first kappa shape index (κ1) is 17.1. The summed E-state index contributed by atoms with van der Waals surface area (Å²) in [4.78, 5) is 23.2. The van der Waals surface area contributed by atoms with Gasteiger partial charge in [-0.05, 0) is 40.0 Å². The van der Waals surface area contributed by atoms with Gasteiger partial charge in [0.25, 0.3) is 0 Å². The van der Waals surface area contributed by atoms with Crippen LogP contribution >= 0.6 is 10.9 Å². The predicted molar refractivity (Wildman–Crippen MR) is 82.9 cm³/mol. The zero-order chi connectivity index (χ0) is 17.2. The van der Waals surface area contributed by atoms with Crippen LogP contribution in [0.15, 0.2) is 45.6 Å². The Morgan fingerprint density at radius 1 is 1.30 bits per heavy atom. The normalized spacial score (nSPS) is 18.6. The molecule has 1 atom stereocenters. The minimum Gasteiger partial charge on any atom is -0.478 e. The number of nitrogens with one attached hydrogen (secondary N) is 1. The van der Waals surface area contributed by atoms with Crippen molar-refractivity contribution in [1.82, 2.24) is 0 Å². The first-order valence-electron chi connectivity index (χ1n) is 6.65. The van der Waals surface area contributed by atoms with E-state index in [9.17, 15) is 27.9 Å². The highest BCUT2D eigenvalue weighted by Crippen LogP contribution is 2.48. The van der Waals surface area contributed by atoms with Crippen molar-refractivity contribution in [2.24, 2.45) is 0 Å². The molecule has 1 heterocycles. The van der Waals surface area contributed by atoms with Crippen LogP contribution in [0.1, 0.15) is 23.7 Å². The van der Waals surface area contributed by atoms with Gasteiger partial charge in [-0.2, -0.15) is 24.1 Å².